The molecule has 0 amide bonds. The van der Waals surface area contributed by atoms with Crippen molar-refractivity contribution in [1.29, 1.82) is 0 Å². The summed E-state index contributed by atoms with van der Waals surface area (Å²) in [6.45, 7) is 0. The molecule has 14 heavy (non-hydrogen) atoms. The molecule has 1 N–H and O–H groups in total. The van der Waals surface area contributed by atoms with Gasteiger partial charge < -0.3 is 5.11 Å². The summed E-state index contributed by atoms with van der Waals surface area (Å²) in [5, 5.41) is 10.2. The monoisotopic (exact) mass is 272 g/mol. The Morgan fingerprint density at radius 3 is 2.57 bits per heavy atom. The summed E-state index contributed by atoms with van der Waals surface area (Å²) in [4.78, 5) is 1.13. The number of halogens is 1. The zero-order chi connectivity index (χ0) is 9.71. The Balaban J connectivity index is 1.72. The number of thiophene rings is 1. The molecule has 2 aliphatic rings. The molecule has 1 aromatic heterocycles. The maximum atomic E-state index is 10.2. The Bertz CT molecular complexity index is 339. The van der Waals surface area contributed by atoms with Gasteiger partial charge in [0.15, 0.2) is 0 Å². The van der Waals surface area contributed by atoms with Crippen molar-refractivity contribution in [2.45, 2.75) is 25.4 Å². The fourth-order valence-electron chi connectivity index (χ4n) is 2.74. The average molecular weight is 273 g/mol. The first kappa shape index (κ1) is 9.37. The molecule has 1 nitrogen and oxygen atoms in total. The van der Waals surface area contributed by atoms with Crippen molar-refractivity contribution in [2.24, 2.45) is 17.8 Å². The normalized spacial score (nSPS) is 36.9. The van der Waals surface area contributed by atoms with Gasteiger partial charge in [-0.2, -0.15) is 0 Å². The summed E-state index contributed by atoms with van der Waals surface area (Å²) in [6.07, 6.45) is 3.72. The van der Waals surface area contributed by atoms with E-state index in [9.17, 15) is 5.11 Å². The molecule has 3 rings (SSSR count). The lowest BCUT2D eigenvalue weighted by molar-refractivity contribution is 0.108. The highest BCUT2D eigenvalue weighted by atomic mass is 79.9. The van der Waals surface area contributed by atoms with Gasteiger partial charge in [0.05, 0.1) is 9.89 Å². The lowest BCUT2D eigenvalue weighted by Crippen LogP contribution is -2.09. The summed E-state index contributed by atoms with van der Waals surface area (Å²) < 4.78 is 1.12. The van der Waals surface area contributed by atoms with Gasteiger partial charge in [-0.3, -0.25) is 0 Å². The van der Waals surface area contributed by atoms with E-state index in [0.717, 1.165) is 20.5 Å². The second-order valence-electron chi connectivity index (χ2n) is 4.57. The SMILES string of the molecule is OC(c1ccc(Br)s1)C1CC2CC2C1. The molecule has 0 bridgehead atoms. The minimum Gasteiger partial charge on any atom is -0.387 e. The summed E-state index contributed by atoms with van der Waals surface area (Å²) in [6, 6.07) is 4.07. The number of hydrogen-bond acceptors (Lipinski definition) is 2. The lowest BCUT2D eigenvalue weighted by atomic mass is 9.96. The third kappa shape index (κ3) is 1.55. The highest BCUT2D eigenvalue weighted by Gasteiger charge is 2.47. The largest absolute Gasteiger partial charge is 0.387 e. The molecule has 0 saturated heterocycles. The van der Waals surface area contributed by atoms with Gasteiger partial charge in [-0.1, -0.05) is 0 Å². The van der Waals surface area contributed by atoms with Crippen molar-refractivity contribution >= 4 is 27.3 Å². The van der Waals surface area contributed by atoms with Crippen molar-refractivity contribution in [3.05, 3.63) is 20.8 Å². The maximum Gasteiger partial charge on any atom is 0.0910 e. The third-order valence-corrected chi connectivity index (χ3v) is 5.31. The van der Waals surface area contributed by atoms with E-state index in [1.54, 1.807) is 11.3 Å². The molecule has 2 fully saturated rings. The number of fused-ring (bicyclic) bond motifs is 1. The van der Waals surface area contributed by atoms with Crippen LogP contribution in [0.2, 0.25) is 0 Å². The molecule has 1 heterocycles. The molecule has 3 unspecified atom stereocenters. The number of hydrogen-bond donors (Lipinski definition) is 1. The topological polar surface area (TPSA) is 20.2 Å². The molecule has 0 aliphatic heterocycles. The Kier molecular flexibility index (Phi) is 2.22. The van der Waals surface area contributed by atoms with Crippen LogP contribution >= 0.6 is 27.3 Å². The molecular formula is C11H13BrOS. The van der Waals surface area contributed by atoms with Crippen LogP contribution in [0.5, 0.6) is 0 Å². The van der Waals surface area contributed by atoms with E-state index in [2.05, 4.69) is 15.9 Å². The van der Waals surface area contributed by atoms with Crippen LogP contribution in [-0.4, -0.2) is 5.11 Å². The van der Waals surface area contributed by atoms with Crippen LogP contribution < -0.4 is 0 Å². The smallest absolute Gasteiger partial charge is 0.0910 e. The predicted molar refractivity (Wildman–Crippen MR) is 61.3 cm³/mol. The minimum absolute atomic E-state index is 0.209. The van der Waals surface area contributed by atoms with Crippen molar-refractivity contribution in [2.75, 3.05) is 0 Å². The Hall–Kier alpha value is 0.140. The van der Waals surface area contributed by atoms with Crippen molar-refractivity contribution in [3.8, 4) is 0 Å². The van der Waals surface area contributed by atoms with E-state index in [4.69, 9.17) is 0 Å². The fraction of sp³-hybridized carbons (Fsp3) is 0.636. The third-order valence-electron chi connectivity index (χ3n) is 3.61. The van der Waals surface area contributed by atoms with Gasteiger partial charge in [0, 0.05) is 4.88 Å². The molecule has 1 aromatic rings. The van der Waals surface area contributed by atoms with Gasteiger partial charge in [-0.15, -0.1) is 11.3 Å². The first-order valence-electron chi connectivity index (χ1n) is 5.17. The van der Waals surface area contributed by atoms with Gasteiger partial charge in [-0.25, -0.2) is 0 Å². The fourth-order valence-corrected chi connectivity index (χ4v) is 4.24. The van der Waals surface area contributed by atoms with Crippen molar-refractivity contribution in [1.82, 2.24) is 0 Å². The summed E-state index contributed by atoms with van der Waals surface area (Å²) in [5.74, 6) is 2.44. The first-order valence-corrected chi connectivity index (χ1v) is 6.78. The molecule has 0 radical (unpaired) electrons. The van der Waals surface area contributed by atoms with Crippen LogP contribution in [0.4, 0.5) is 0 Å². The van der Waals surface area contributed by atoms with Gasteiger partial charge >= 0.3 is 0 Å². The molecule has 3 atom stereocenters. The van der Waals surface area contributed by atoms with E-state index < -0.39 is 0 Å². The first-order chi connectivity index (χ1) is 6.74. The Morgan fingerprint density at radius 2 is 2.00 bits per heavy atom. The van der Waals surface area contributed by atoms with Crippen LogP contribution in [0.3, 0.4) is 0 Å². The molecule has 0 spiro atoms. The van der Waals surface area contributed by atoms with Crippen molar-refractivity contribution < 1.29 is 5.11 Å². The van der Waals surface area contributed by atoms with Crippen LogP contribution in [0.25, 0.3) is 0 Å². The van der Waals surface area contributed by atoms with Crippen LogP contribution in [0, 0.1) is 17.8 Å². The second-order valence-corrected chi connectivity index (χ2v) is 7.07. The van der Waals surface area contributed by atoms with Gasteiger partial charge in [0.1, 0.15) is 0 Å². The van der Waals surface area contributed by atoms with Crippen molar-refractivity contribution in [3.63, 3.8) is 0 Å². The Labute approximate surface area is 96.3 Å². The van der Waals surface area contributed by atoms with E-state index in [-0.39, 0.29) is 6.10 Å². The minimum atomic E-state index is -0.209. The van der Waals surface area contributed by atoms with Crippen LogP contribution in [0.15, 0.2) is 15.9 Å². The molecule has 3 heteroatoms. The highest BCUT2D eigenvalue weighted by molar-refractivity contribution is 9.11. The standard InChI is InChI=1S/C11H13BrOS/c12-10-2-1-9(14-10)11(13)8-4-6-3-7(6)5-8/h1-2,6-8,11,13H,3-5H2. The summed E-state index contributed by atoms with van der Waals surface area (Å²) in [5.41, 5.74) is 0. The quantitative estimate of drug-likeness (QED) is 0.873. The van der Waals surface area contributed by atoms with Gasteiger partial charge in [-0.05, 0) is 65.1 Å². The van der Waals surface area contributed by atoms with E-state index >= 15 is 0 Å². The molecule has 0 aromatic carbocycles. The molecule has 76 valence electrons. The number of rotatable bonds is 2. The van der Waals surface area contributed by atoms with E-state index in [0.29, 0.717) is 5.92 Å². The molecular weight excluding hydrogens is 260 g/mol. The zero-order valence-corrected chi connectivity index (χ0v) is 10.2. The van der Waals surface area contributed by atoms with Crippen LogP contribution in [-0.2, 0) is 0 Å². The summed E-state index contributed by atoms with van der Waals surface area (Å²) >= 11 is 5.10. The second kappa shape index (κ2) is 3.32. The summed E-state index contributed by atoms with van der Waals surface area (Å²) in [7, 11) is 0. The highest BCUT2D eigenvalue weighted by Crippen LogP contribution is 2.57. The molecule has 2 saturated carbocycles. The maximum absolute atomic E-state index is 10.2. The van der Waals surface area contributed by atoms with Gasteiger partial charge in [0.2, 0.25) is 0 Å². The average Bonchev–Trinajstić information content (AvgIpc) is 2.64. The lowest BCUT2D eigenvalue weighted by Gasteiger charge is -2.17. The van der Waals surface area contributed by atoms with E-state index in [1.165, 1.54) is 19.3 Å². The molecule has 2 aliphatic carbocycles. The van der Waals surface area contributed by atoms with Gasteiger partial charge in [0.25, 0.3) is 0 Å². The van der Waals surface area contributed by atoms with E-state index in [1.807, 2.05) is 12.1 Å². The zero-order valence-electron chi connectivity index (χ0n) is 7.82. The predicted octanol–water partition coefficient (Wildman–Crippen LogP) is 3.59. The Morgan fingerprint density at radius 1 is 1.29 bits per heavy atom. The number of aliphatic hydroxyl groups is 1. The number of aliphatic hydroxyl groups excluding tert-OH is 1. The van der Waals surface area contributed by atoms with Crippen LogP contribution in [0.1, 0.15) is 30.2 Å².